The molecule has 0 aliphatic rings. The van der Waals surface area contributed by atoms with Crippen molar-refractivity contribution in [2.45, 2.75) is 39.8 Å². The van der Waals surface area contributed by atoms with Gasteiger partial charge in [0.05, 0.1) is 18.7 Å². The first kappa shape index (κ1) is 20.4. The summed E-state index contributed by atoms with van der Waals surface area (Å²) in [5.74, 6) is 6.56. The molecule has 7 nitrogen and oxygen atoms in total. The van der Waals surface area contributed by atoms with Crippen molar-refractivity contribution in [1.82, 2.24) is 29.8 Å². The van der Waals surface area contributed by atoms with Crippen molar-refractivity contribution in [2.24, 2.45) is 0 Å². The van der Waals surface area contributed by atoms with Gasteiger partial charge >= 0.3 is 5.69 Å². The molecule has 7 heteroatoms. The van der Waals surface area contributed by atoms with E-state index in [1.807, 2.05) is 42.0 Å². The molecule has 0 atom stereocenters. The van der Waals surface area contributed by atoms with Crippen molar-refractivity contribution < 1.29 is 0 Å². The summed E-state index contributed by atoms with van der Waals surface area (Å²) in [5.41, 5.74) is 5.01. The minimum atomic E-state index is 0.0151. The second-order valence-electron chi connectivity index (χ2n) is 7.26. The Bertz CT molecular complexity index is 1270. The topological polar surface area (TPSA) is 81.4 Å². The summed E-state index contributed by atoms with van der Waals surface area (Å²) < 4.78 is 3.60. The third-order valence-corrected chi connectivity index (χ3v) is 5.16. The SMILES string of the molecule is CC#CCc1cn(CCC)c(=O)n1Cc1ccc(-c2ccccc2-c2nn[nH]n2)cc1. The standard InChI is InChI=1S/C24H24N6O/c1-3-5-8-20-17-29(15-4-2)24(31)30(20)16-18-11-13-19(14-12-18)21-9-6-7-10-22(21)23-25-27-28-26-23/h6-7,9-14,17H,4,8,15-16H2,1-2H3,(H,25,26,27,28). The van der Waals surface area contributed by atoms with E-state index < -0.39 is 0 Å². The van der Waals surface area contributed by atoms with Crippen LogP contribution in [0.25, 0.3) is 22.5 Å². The fraction of sp³-hybridized carbons (Fsp3) is 0.250. The summed E-state index contributed by atoms with van der Waals surface area (Å²) >= 11 is 0. The highest BCUT2D eigenvalue weighted by Gasteiger charge is 2.13. The maximum absolute atomic E-state index is 12.9. The molecular weight excluding hydrogens is 388 g/mol. The van der Waals surface area contributed by atoms with Crippen LogP contribution in [0.2, 0.25) is 0 Å². The van der Waals surface area contributed by atoms with Gasteiger partial charge in [-0.3, -0.25) is 9.13 Å². The average molecular weight is 412 g/mol. The van der Waals surface area contributed by atoms with Crippen LogP contribution in [0.15, 0.2) is 59.5 Å². The van der Waals surface area contributed by atoms with Crippen LogP contribution in [-0.4, -0.2) is 29.8 Å². The van der Waals surface area contributed by atoms with Crippen LogP contribution in [0, 0.1) is 11.8 Å². The van der Waals surface area contributed by atoms with Gasteiger partial charge in [-0.05, 0) is 35.2 Å². The number of benzene rings is 2. The maximum Gasteiger partial charge on any atom is 0.328 e. The highest BCUT2D eigenvalue weighted by Crippen LogP contribution is 2.29. The van der Waals surface area contributed by atoms with E-state index in [2.05, 4.69) is 63.7 Å². The average Bonchev–Trinajstić information content (AvgIpc) is 3.43. The van der Waals surface area contributed by atoms with Gasteiger partial charge in [0, 0.05) is 18.3 Å². The van der Waals surface area contributed by atoms with Gasteiger partial charge in [0.25, 0.3) is 0 Å². The molecule has 0 saturated carbocycles. The molecule has 0 bridgehead atoms. The van der Waals surface area contributed by atoms with Gasteiger partial charge in [0.15, 0.2) is 0 Å². The number of H-pyrrole nitrogens is 1. The minimum Gasteiger partial charge on any atom is -0.299 e. The van der Waals surface area contributed by atoms with Crippen LogP contribution in [0.4, 0.5) is 0 Å². The summed E-state index contributed by atoms with van der Waals surface area (Å²) in [6, 6.07) is 16.2. The summed E-state index contributed by atoms with van der Waals surface area (Å²) in [6.07, 6.45) is 3.42. The van der Waals surface area contributed by atoms with Gasteiger partial charge < -0.3 is 0 Å². The van der Waals surface area contributed by atoms with Crippen molar-refractivity contribution in [2.75, 3.05) is 0 Å². The quantitative estimate of drug-likeness (QED) is 0.471. The molecule has 4 aromatic rings. The lowest BCUT2D eigenvalue weighted by molar-refractivity contribution is 0.621. The second-order valence-corrected chi connectivity index (χ2v) is 7.26. The predicted molar refractivity (Wildman–Crippen MR) is 120 cm³/mol. The van der Waals surface area contributed by atoms with E-state index >= 15 is 0 Å². The fourth-order valence-electron chi connectivity index (χ4n) is 3.65. The largest absolute Gasteiger partial charge is 0.328 e. The Morgan fingerprint density at radius 3 is 2.52 bits per heavy atom. The third kappa shape index (κ3) is 4.33. The number of aromatic amines is 1. The molecule has 156 valence electrons. The summed E-state index contributed by atoms with van der Waals surface area (Å²) in [6.45, 7) is 5.12. The molecule has 4 rings (SSSR count). The Kier molecular flexibility index (Phi) is 6.08. The Morgan fingerprint density at radius 1 is 1.06 bits per heavy atom. The van der Waals surface area contributed by atoms with Crippen LogP contribution in [0.3, 0.4) is 0 Å². The molecular formula is C24H24N6O. The van der Waals surface area contributed by atoms with Gasteiger partial charge in [0.2, 0.25) is 5.82 Å². The van der Waals surface area contributed by atoms with Crippen molar-refractivity contribution in [1.29, 1.82) is 0 Å². The number of rotatable bonds is 7. The van der Waals surface area contributed by atoms with Crippen LogP contribution < -0.4 is 5.69 Å². The van der Waals surface area contributed by atoms with Crippen LogP contribution in [0.5, 0.6) is 0 Å². The third-order valence-electron chi connectivity index (χ3n) is 5.16. The Labute approximate surface area is 180 Å². The highest BCUT2D eigenvalue weighted by molar-refractivity contribution is 5.80. The molecule has 0 fully saturated rings. The van der Waals surface area contributed by atoms with Crippen LogP contribution in [-0.2, 0) is 19.5 Å². The van der Waals surface area contributed by atoms with Crippen molar-refractivity contribution >= 4 is 0 Å². The molecule has 31 heavy (non-hydrogen) atoms. The van der Waals surface area contributed by atoms with Gasteiger partial charge in [-0.1, -0.05) is 61.4 Å². The molecule has 2 aromatic carbocycles. The smallest absolute Gasteiger partial charge is 0.299 e. The molecule has 0 amide bonds. The molecule has 1 N–H and O–H groups in total. The molecule has 0 radical (unpaired) electrons. The summed E-state index contributed by atoms with van der Waals surface area (Å²) in [5, 5.41) is 14.4. The Morgan fingerprint density at radius 2 is 1.84 bits per heavy atom. The van der Waals surface area contributed by atoms with E-state index in [9.17, 15) is 4.79 Å². The number of hydrogen-bond acceptors (Lipinski definition) is 4. The molecule has 0 aliphatic heterocycles. The predicted octanol–water partition coefficient (Wildman–Crippen LogP) is 3.52. The number of nitrogens with zero attached hydrogens (tertiary/aromatic N) is 5. The Balaban J connectivity index is 1.64. The monoisotopic (exact) mass is 412 g/mol. The number of imidazole rings is 1. The molecule has 0 unspecified atom stereocenters. The van der Waals surface area contributed by atoms with Gasteiger partial charge in [-0.25, -0.2) is 4.79 Å². The van der Waals surface area contributed by atoms with Gasteiger partial charge in [-0.2, -0.15) is 5.21 Å². The molecule has 0 aliphatic carbocycles. The Hall–Kier alpha value is -3.92. The van der Waals surface area contributed by atoms with E-state index in [0.717, 1.165) is 34.4 Å². The molecule has 0 saturated heterocycles. The van der Waals surface area contributed by atoms with E-state index in [4.69, 9.17) is 0 Å². The zero-order valence-electron chi connectivity index (χ0n) is 17.7. The van der Waals surface area contributed by atoms with E-state index in [1.54, 1.807) is 4.57 Å². The first-order valence-corrected chi connectivity index (χ1v) is 10.3. The van der Waals surface area contributed by atoms with Gasteiger partial charge in [0.1, 0.15) is 0 Å². The van der Waals surface area contributed by atoms with E-state index in [1.165, 1.54) is 0 Å². The number of tetrazole rings is 1. The van der Waals surface area contributed by atoms with Crippen molar-refractivity contribution in [3.05, 3.63) is 76.5 Å². The zero-order valence-corrected chi connectivity index (χ0v) is 17.7. The maximum atomic E-state index is 12.9. The van der Waals surface area contributed by atoms with Crippen molar-refractivity contribution in [3.63, 3.8) is 0 Å². The van der Waals surface area contributed by atoms with Crippen LogP contribution in [0.1, 0.15) is 31.5 Å². The van der Waals surface area contributed by atoms with Gasteiger partial charge in [-0.15, -0.1) is 16.1 Å². The number of aryl methyl sites for hydroxylation is 1. The lowest BCUT2D eigenvalue weighted by Crippen LogP contribution is -2.25. The minimum absolute atomic E-state index is 0.0151. The molecule has 2 aromatic heterocycles. The molecule has 2 heterocycles. The second kappa shape index (κ2) is 9.26. The summed E-state index contributed by atoms with van der Waals surface area (Å²) in [7, 11) is 0. The normalized spacial score (nSPS) is 10.6. The van der Waals surface area contributed by atoms with E-state index in [0.29, 0.717) is 25.3 Å². The zero-order chi connectivity index (χ0) is 21.6. The number of hydrogen-bond donors (Lipinski definition) is 1. The molecule has 0 spiro atoms. The fourth-order valence-corrected chi connectivity index (χ4v) is 3.65. The first-order chi connectivity index (χ1) is 15.2. The number of nitrogens with one attached hydrogen (secondary N) is 1. The lowest BCUT2D eigenvalue weighted by atomic mass is 9.98. The lowest BCUT2D eigenvalue weighted by Gasteiger charge is -2.09. The van der Waals surface area contributed by atoms with Crippen LogP contribution >= 0.6 is 0 Å². The number of aromatic nitrogens is 6. The summed E-state index contributed by atoms with van der Waals surface area (Å²) in [4.78, 5) is 12.9. The van der Waals surface area contributed by atoms with E-state index in [-0.39, 0.29) is 5.69 Å². The first-order valence-electron chi connectivity index (χ1n) is 10.3. The van der Waals surface area contributed by atoms with Crippen molar-refractivity contribution in [3.8, 4) is 34.4 Å². The highest BCUT2D eigenvalue weighted by atomic mass is 16.1.